The predicted octanol–water partition coefficient (Wildman–Crippen LogP) is 3.44. The molecule has 1 N–H and O–H groups in total. The van der Waals surface area contributed by atoms with Crippen LogP contribution in [0.4, 0.5) is 24.7 Å². The number of carbonyl (C=O) groups excluding carboxylic acids is 1. The number of alkyl halides is 3. The molecule has 1 fully saturated rings. The van der Waals surface area contributed by atoms with Crippen LogP contribution in [0, 0.1) is 0 Å². The number of amides is 1. The van der Waals surface area contributed by atoms with Gasteiger partial charge in [0, 0.05) is 25.7 Å². The second-order valence-electron chi connectivity index (χ2n) is 6.91. The van der Waals surface area contributed by atoms with Gasteiger partial charge in [0.1, 0.15) is 0 Å². The molecule has 1 aromatic carbocycles. The molecular formula is C21H24F3N3O4. The number of pyridine rings is 1. The molecule has 1 aliphatic rings. The normalized spacial score (nSPS) is 14.3. The van der Waals surface area contributed by atoms with Crippen LogP contribution in [0.2, 0.25) is 0 Å². The van der Waals surface area contributed by atoms with Crippen LogP contribution < -0.4 is 19.7 Å². The van der Waals surface area contributed by atoms with Crippen LogP contribution in [-0.2, 0) is 16.0 Å². The highest BCUT2D eigenvalue weighted by Crippen LogP contribution is 2.30. The molecule has 1 amide bonds. The van der Waals surface area contributed by atoms with Crippen molar-refractivity contribution in [2.45, 2.75) is 19.0 Å². The van der Waals surface area contributed by atoms with Crippen molar-refractivity contribution in [3.63, 3.8) is 0 Å². The van der Waals surface area contributed by atoms with E-state index in [1.165, 1.54) is 13.2 Å². The van der Waals surface area contributed by atoms with Gasteiger partial charge in [-0.2, -0.15) is 13.2 Å². The van der Waals surface area contributed by atoms with E-state index in [0.717, 1.165) is 5.56 Å². The van der Waals surface area contributed by atoms with E-state index in [4.69, 9.17) is 14.2 Å². The predicted molar refractivity (Wildman–Crippen MR) is 109 cm³/mol. The Bertz CT molecular complexity index is 886. The Morgan fingerprint density at radius 1 is 1.23 bits per heavy atom. The summed E-state index contributed by atoms with van der Waals surface area (Å²) in [6, 6.07) is 8.15. The van der Waals surface area contributed by atoms with E-state index in [0.29, 0.717) is 44.2 Å². The summed E-state index contributed by atoms with van der Waals surface area (Å²) in [6.07, 6.45) is -2.19. The number of hydrogen-bond donors (Lipinski definition) is 1. The minimum atomic E-state index is -4.44. The number of ether oxygens (including phenoxy) is 3. The van der Waals surface area contributed by atoms with Gasteiger partial charge in [-0.3, -0.25) is 4.79 Å². The number of aromatic nitrogens is 1. The zero-order valence-electron chi connectivity index (χ0n) is 17.1. The van der Waals surface area contributed by atoms with E-state index in [1.807, 2.05) is 0 Å². The van der Waals surface area contributed by atoms with Crippen molar-refractivity contribution in [2.75, 3.05) is 50.2 Å². The molecule has 1 aromatic heterocycles. The topological polar surface area (TPSA) is 72.9 Å². The summed E-state index contributed by atoms with van der Waals surface area (Å²) < 4.78 is 52.4. The number of nitrogens with zero attached hydrogens (tertiary/aromatic N) is 2. The van der Waals surface area contributed by atoms with Crippen molar-refractivity contribution in [1.82, 2.24) is 4.98 Å². The summed E-state index contributed by atoms with van der Waals surface area (Å²) in [5, 5.41) is 2.89. The van der Waals surface area contributed by atoms with E-state index in [2.05, 4.69) is 15.2 Å². The third kappa shape index (κ3) is 6.74. The summed E-state index contributed by atoms with van der Waals surface area (Å²) in [6.45, 7) is 1.20. The Hall–Kier alpha value is -3.01. The molecule has 0 unspecified atom stereocenters. The van der Waals surface area contributed by atoms with Gasteiger partial charge in [-0.05, 0) is 36.2 Å². The van der Waals surface area contributed by atoms with Crippen LogP contribution in [0.3, 0.4) is 0 Å². The molecule has 168 valence electrons. The van der Waals surface area contributed by atoms with Crippen LogP contribution in [0.5, 0.6) is 11.5 Å². The molecule has 0 spiro atoms. The van der Waals surface area contributed by atoms with Gasteiger partial charge in [0.05, 0.1) is 26.0 Å². The number of carbonyl (C=O) groups is 1. The second-order valence-corrected chi connectivity index (χ2v) is 6.91. The SMILES string of the molecule is COc1cc(CCC(=O)Nc2cccnc2N2CCOCC2)ccc1OCC(F)(F)F. The molecule has 7 nitrogen and oxygen atoms in total. The summed E-state index contributed by atoms with van der Waals surface area (Å²) in [7, 11) is 1.35. The first kappa shape index (κ1) is 22.7. The highest BCUT2D eigenvalue weighted by molar-refractivity contribution is 5.93. The molecule has 0 radical (unpaired) electrons. The number of benzene rings is 1. The first-order chi connectivity index (χ1) is 14.9. The molecule has 0 atom stereocenters. The molecule has 1 saturated heterocycles. The van der Waals surface area contributed by atoms with Gasteiger partial charge in [0.2, 0.25) is 5.91 Å². The number of hydrogen-bond acceptors (Lipinski definition) is 6. The van der Waals surface area contributed by atoms with Crippen LogP contribution in [0.15, 0.2) is 36.5 Å². The smallest absolute Gasteiger partial charge is 0.422 e. The lowest BCUT2D eigenvalue weighted by Crippen LogP contribution is -2.37. The van der Waals surface area contributed by atoms with Gasteiger partial charge < -0.3 is 24.4 Å². The van der Waals surface area contributed by atoms with Crippen molar-refractivity contribution in [3.05, 3.63) is 42.1 Å². The molecular weight excluding hydrogens is 415 g/mol. The minimum Gasteiger partial charge on any atom is -0.493 e. The maximum Gasteiger partial charge on any atom is 0.422 e. The Morgan fingerprint density at radius 3 is 2.71 bits per heavy atom. The van der Waals surface area contributed by atoms with Crippen molar-refractivity contribution < 1.29 is 32.2 Å². The zero-order valence-corrected chi connectivity index (χ0v) is 17.1. The van der Waals surface area contributed by atoms with E-state index in [1.54, 1.807) is 30.5 Å². The Balaban J connectivity index is 1.59. The molecule has 2 heterocycles. The van der Waals surface area contributed by atoms with Crippen LogP contribution >= 0.6 is 0 Å². The van der Waals surface area contributed by atoms with Crippen molar-refractivity contribution >= 4 is 17.4 Å². The van der Waals surface area contributed by atoms with Crippen molar-refractivity contribution in [1.29, 1.82) is 0 Å². The standard InChI is InChI=1S/C21H24F3N3O4/c1-29-18-13-15(4-6-17(18)31-14-21(22,23)24)5-7-19(28)26-16-3-2-8-25-20(16)27-9-11-30-12-10-27/h2-4,6,8,13H,5,7,9-12,14H2,1H3,(H,26,28). The first-order valence-electron chi connectivity index (χ1n) is 9.80. The molecule has 10 heteroatoms. The summed E-state index contributed by atoms with van der Waals surface area (Å²) in [4.78, 5) is 18.9. The molecule has 0 aliphatic carbocycles. The fourth-order valence-corrected chi connectivity index (χ4v) is 3.14. The third-order valence-corrected chi connectivity index (χ3v) is 4.63. The van der Waals surface area contributed by atoms with Crippen molar-refractivity contribution in [2.24, 2.45) is 0 Å². The van der Waals surface area contributed by atoms with Gasteiger partial charge >= 0.3 is 6.18 Å². The van der Waals surface area contributed by atoms with Gasteiger partial charge in [-0.15, -0.1) is 0 Å². The number of rotatable bonds is 8. The quantitative estimate of drug-likeness (QED) is 0.680. The zero-order chi connectivity index (χ0) is 22.3. The van der Waals surface area contributed by atoms with Gasteiger partial charge in [0.25, 0.3) is 0 Å². The van der Waals surface area contributed by atoms with Gasteiger partial charge in [-0.1, -0.05) is 6.07 Å². The van der Waals surface area contributed by atoms with Gasteiger partial charge in [0.15, 0.2) is 23.9 Å². The van der Waals surface area contributed by atoms with Crippen LogP contribution in [0.25, 0.3) is 0 Å². The number of morpholine rings is 1. The van der Waals surface area contributed by atoms with E-state index in [-0.39, 0.29) is 23.8 Å². The fraction of sp³-hybridized carbons (Fsp3) is 0.429. The monoisotopic (exact) mass is 439 g/mol. The maximum absolute atomic E-state index is 12.5. The lowest BCUT2D eigenvalue weighted by atomic mass is 10.1. The Morgan fingerprint density at radius 2 is 2.00 bits per heavy atom. The number of anilines is 2. The molecule has 31 heavy (non-hydrogen) atoms. The fourth-order valence-electron chi connectivity index (χ4n) is 3.14. The van der Waals surface area contributed by atoms with E-state index in [9.17, 15) is 18.0 Å². The number of methoxy groups -OCH3 is 1. The largest absolute Gasteiger partial charge is 0.493 e. The molecule has 1 aliphatic heterocycles. The summed E-state index contributed by atoms with van der Waals surface area (Å²) >= 11 is 0. The molecule has 0 bridgehead atoms. The number of nitrogens with one attached hydrogen (secondary N) is 1. The van der Waals surface area contributed by atoms with Crippen LogP contribution in [-0.4, -0.2) is 57.1 Å². The first-order valence-corrected chi connectivity index (χ1v) is 9.80. The number of aryl methyl sites for hydroxylation is 1. The lowest BCUT2D eigenvalue weighted by Gasteiger charge is -2.29. The van der Waals surface area contributed by atoms with Crippen molar-refractivity contribution in [3.8, 4) is 11.5 Å². The average molecular weight is 439 g/mol. The summed E-state index contributed by atoms with van der Waals surface area (Å²) in [5.41, 5.74) is 1.37. The van der Waals surface area contributed by atoms with E-state index < -0.39 is 12.8 Å². The number of halogens is 3. The maximum atomic E-state index is 12.5. The Kier molecular flexibility index (Phi) is 7.56. The molecule has 3 rings (SSSR count). The average Bonchev–Trinajstić information content (AvgIpc) is 2.77. The minimum absolute atomic E-state index is 0.00135. The molecule has 0 saturated carbocycles. The highest BCUT2D eigenvalue weighted by atomic mass is 19.4. The summed E-state index contributed by atoms with van der Waals surface area (Å²) in [5.74, 6) is 0.688. The second kappa shape index (κ2) is 10.3. The Labute approximate surface area is 178 Å². The van der Waals surface area contributed by atoms with Gasteiger partial charge in [-0.25, -0.2) is 4.98 Å². The third-order valence-electron chi connectivity index (χ3n) is 4.63. The highest BCUT2D eigenvalue weighted by Gasteiger charge is 2.29. The van der Waals surface area contributed by atoms with Crippen LogP contribution in [0.1, 0.15) is 12.0 Å². The molecule has 2 aromatic rings. The lowest BCUT2D eigenvalue weighted by molar-refractivity contribution is -0.153. The van der Waals surface area contributed by atoms with E-state index >= 15 is 0 Å².